The average Bonchev–Trinajstić information content (AvgIpc) is 3.21. The van der Waals surface area contributed by atoms with Gasteiger partial charge < -0.3 is 19.9 Å². The van der Waals surface area contributed by atoms with Crippen molar-refractivity contribution in [3.63, 3.8) is 0 Å². The summed E-state index contributed by atoms with van der Waals surface area (Å²) in [6, 6.07) is 12.4. The Morgan fingerprint density at radius 1 is 1.20 bits per heavy atom. The summed E-state index contributed by atoms with van der Waals surface area (Å²) in [5.41, 5.74) is 0.744. The van der Waals surface area contributed by atoms with Crippen LogP contribution in [0.2, 0.25) is 5.02 Å². The third kappa shape index (κ3) is 4.38. The number of halogens is 1. The SMILES string of the molecule is CCc1cn([C@@H]2CC(O)[C@H](CNC(=O)[C@H]3c4ccccc4Oc4ccc(Cl)cc43)O2)c(=O)[nH]c1=O. The third-order valence-electron chi connectivity index (χ3n) is 6.41. The fraction of sp³-hybridized carbons (Fsp3) is 0.320. The van der Waals surface area contributed by atoms with Gasteiger partial charge >= 0.3 is 5.69 Å². The molecule has 0 saturated carbocycles. The van der Waals surface area contributed by atoms with Gasteiger partial charge in [0.05, 0.1) is 12.0 Å². The Morgan fingerprint density at radius 3 is 2.77 bits per heavy atom. The fourth-order valence-electron chi connectivity index (χ4n) is 4.58. The zero-order chi connectivity index (χ0) is 24.7. The van der Waals surface area contributed by atoms with Gasteiger partial charge in [0.1, 0.15) is 23.8 Å². The number of ether oxygens (including phenoxy) is 2. The zero-order valence-corrected chi connectivity index (χ0v) is 19.6. The first-order valence-electron chi connectivity index (χ1n) is 11.4. The van der Waals surface area contributed by atoms with Gasteiger partial charge in [-0.25, -0.2) is 4.79 Å². The Bertz CT molecular complexity index is 1400. The molecule has 3 N–H and O–H groups in total. The van der Waals surface area contributed by atoms with Gasteiger partial charge in [-0.2, -0.15) is 0 Å². The van der Waals surface area contributed by atoms with Gasteiger partial charge in [-0.3, -0.25) is 19.1 Å². The van der Waals surface area contributed by atoms with E-state index >= 15 is 0 Å². The molecule has 3 heterocycles. The highest BCUT2D eigenvalue weighted by atomic mass is 35.5. The topological polar surface area (TPSA) is 123 Å². The molecule has 0 aliphatic carbocycles. The monoisotopic (exact) mass is 497 g/mol. The number of amides is 1. The molecule has 2 aliphatic rings. The largest absolute Gasteiger partial charge is 0.457 e. The number of rotatable bonds is 5. The second-order valence-corrected chi connectivity index (χ2v) is 9.04. The van der Waals surface area contributed by atoms with Crippen molar-refractivity contribution in [1.29, 1.82) is 0 Å². The van der Waals surface area contributed by atoms with Gasteiger partial charge in [-0.15, -0.1) is 0 Å². The number of carbonyl (C=O) groups is 1. The predicted octanol–water partition coefficient (Wildman–Crippen LogP) is 2.45. The Hall–Kier alpha value is -3.40. The van der Waals surface area contributed by atoms with Crippen LogP contribution in [-0.2, 0) is 16.0 Å². The highest BCUT2D eigenvalue weighted by molar-refractivity contribution is 6.30. The minimum absolute atomic E-state index is 0.0324. The molecule has 0 radical (unpaired) electrons. The molecule has 1 saturated heterocycles. The molecule has 1 fully saturated rings. The molecule has 0 spiro atoms. The van der Waals surface area contributed by atoms with Crippen LogP contribution in [0.5, 0.6) is 11.5 Å². The van der Waals surface area contributed by atoms with Crippen LogP contribution in [0.1, 0.15) is 42.2 Å². The Labute approximate surface area is 205 Å². The van der Waals surface area contributed by atoms with Gasteiger partial charge in [-0.05, 0) is 30.7 Å². The molecule has 10 heteroatoms. The van der Waals surface area contributed by atoms with Crippen LogP contribution in [0, 0.1) is 0 Å². The second kappa shape index (κ2) is 9.33. The maximum atomic E-state index is 13.4. The average molecular weight is 498 g/mol. The first kappa shape index (κ1) is 23.3. The summed E-state index contributed by atoms with van der Waals surface area (Å²) in [5, 5.41) is 13.9. The molecule has 0 bridgehead atoms. The number of carbonyl (C=O) groups excluding carboxylic acids is 1. The van der Waals surface area contributed by atoms with Crippen LogP contribution in [0.25, 0.3) is 0 Å². The maximum absolute atomic E-state index is 13.4. The van der Waals surface area contributed by atoms with E-state index in [-0.39, 0.29) is 18.9 Å². The Morgan fingerprint density at radius 2 is 1.97 bits per heavy atom. The molecule has 2 aliphatic heterocycles. The third-order valence-corrected chi connectivity index (χ3v) is 6.64. The minimum Gasteiger partial charge on any atom is -0.457 e. The summed E-state index contributed by atoms with van der Waals surface area (Å²) in [6.45, 7) is 1.84. The smallest absolute Gasteiger partial charge is 0.330 e. The summed E-state index contributed by atoms with van der Waals surface area (Å²) < 4.78 is 13.1. The second-order valence-electron chi connectivity index (χ2n) is 8.61. The molecule has 1 aromatic heterocycles. The molecule has 1 amide bonds. The summed E-state index contributed by atoms with van der Waals surface area (Å²) in [5.74, 6) is 0.188. The molecule has 1 unspecified atom stereocenters. The summed E-state index contributed by atoms with van der Waals surface area (Å²) in [4.78, 5) is 39.8. The summed E-state index contributed by atoms with van der Waals surface area (Å²) in [7, 11) is 0. The normalized spacial score (nSPS) is 22.7. The van der Waals surface area contributed by atoms with Crippen LogP contribution in [0.3, 0.4) is 0 Å². The first-order valence-corrected chi connectivity index (χ1v) is 11.7. The number of benzene rings is 2. The highest BCUT2D eigenvalue weighted by Crippen LogP contribution is 2.45. The van der Waals surface area contributed by atoms with Crippen molar-refractivity contribution in [2.45, 2.75) is 44.1 Å². The first-order chi connectivity index (χ1) is 16.9. The predicted molar refractivity (Wildman–Crippen MR) is 128 cm³/mol. The van der Waals surface area contributed by atoms with Crippen LogP contribution in [-0.4, -0.2) is 39.3 Å². The van der Waals surface area contributed by atoms with E-state index in [4.69, 9.17) is 21.1 Å². The standard InChI is InChI=1S/C25H24ClN3O6/c1-2-13-12-29(25(33)28-23(13)31)21-10-17(30)20(35-21)11-27-24(32)22-15-5-3-4-6-18(15)34-19-8-7-14(26)9-16(19)22/h3-9,12,17,20-22,30H,2,10-11H2,1H3,(H,27,32)(H,28,31,33)/t17?,20-,21-,22-/m0/s1. The van der Waals surface area contributed by atoms with Crippen molar-refractivity contribution >= 4 is 17.5 Å². The quantitative estimate of drug-likeness (QED) is 0.497. The lowest BCUT2D eigenvalue weighted by atomic mass is 9.87. The number of aromatic nitrogens is 2. The van der Waals surface area contributed by atoms with Crippen LogP contribution >= 0.6 is 11.6 Å². The van der Waals surface area contributed by atoms with Crippen LogP contribution < -0.4 is 21.3 Å². The Kier molecular flexibility index (Phi) is 6.22. The van der Waals surface area contributed by atoms with Crippen molar-refractivity contribution in [2.75, 3.05) is 6.54 Å². The number of aromatic amines is 1. The van der Waals surface area contributed by atoms with Gasteiger partial charge in [0, 0.05) is 40.9 Å². The minimum atomic E-state index is -0.909. The van der Waals surface area contributed by atoms with Crippen LogP contribution in [0.15, 0.2) is 58.3 Å². The van der Waals surface area contributed by atoms with E-state index in [1.165, 1.54) is 10.8 Å². The van der Waals surface area contributed by atoms with E-state index in [9.17, 15) is 19.5 Å². The number of H-pyrrole nitrogens is 1. The number of nitrogens with zero attached hydrogens (tertiary/aromatic N) is 1. The lowest BCUT2D eigenvalue weighted by Crippen LogP contribution is -2.40. The highest BCUT2D eigenvalue weighted by Gasteiger charge is 2.38. The van der Waals surface area contributed by atoms with Gasteiger partial charge in [-0.1, -0.05) is 36.7 Å². The molecule has 4 atom stereocenters. The fourth-order valence-corrected chi connectivity index (χ4v) is 4.76. The number of nitrogens with one attached hydrogen (secondary N) is 2. The number of aliphatic hydroxyl groups is 1. The van der Waals surface area contributed by atoms with E-state index in [1.54, 1.807) is 24.3 Å². The Balaban J connectivity index is 1.34. The molecule has 9 nitrogen and oxygen atoms in total. The van der Waals surface area contributed by atoms with E-state index in [0.29, 0.717) is 39.6 Å². The molecule has 35 heavy (non-hydrogen) atoms. The van der Waals surface area contributed by atoms with Crippen molar-refractivity contribution in [3.05, 3.63) is 91.2 Å². The summed E-state index contributed by atoms with van der Waals surface area (Å²) in [6.07, 6.45) is -0.352. The molecule has 3 aromatic rings. The van der Waals surface area contributed by atoms with Gasteiger partial charge in [0.25, 0.3) is 5.56 Å². The number of fused-ring (bicyclic) bond motifs is 2. The van der Waals surface area contributed by atoms with E-state index in [2.05, 4.69) is 10.3 Å². The van der Waals surface area contributed by atoms with Crippen LogP contribution in [0.4, 0.5) is 0 Å². The molecule has 182 valence electrons. The van der Waals surface area contributed by atoms with Crippen molar-refractivity contribution in [2.24, 2.45) is 0 Å². The molecular formula is C25H24ClN3O6. The van der Waals surface area contributed by atoms with Gasteiger partial charge in [0.15, 0.2) is 0 Å². The van der Waals surface area contributed by atoms with Crippen molar-refractivity contribution < 1.29 is 19.4 Å². The molecular weight excluding hydrogens is 474 g/mol. The summed E-state index contributed by atoms with van der Waals surface area (Å²) >= 11 is 6.20. The zero-order valence-electron chi connectivity index (χ0n) is 18.9. The van der Waals surface area contributed by atoms with Crippen molar-refractivity contribution in [1.82, 2.24) is 14.9 Å². The molecule has 2 aromatic carbocycles. The molecule has 5 rings (SSSR count). The van der Waals surface area contributed by atoms with Crippen molar-refractivity contribution in [3.8, 4) is 11.5 Å². The number of aliphatic hydroxyl groups excluding tert-OH is 1. The lowest BCUT2D eigenvalue weighted by Gasteiger charge is -2.28. The maximum Gasteiger partial charge on any atom is 0.330 e. The number of aryl methyl sites for hydroxylation is 1. The number of hydrogen-bond donors (Lipinski definition) is 3. The lowest BCUT2D eigenvalue weighted by molar-refractivity contribution is -0.123. The number of para-hydroxylation sites is 1. The van der Waals surface area contributed by atoms with E-state index in [1.807, 2.05) is 25.1 Å². The van der Waals surface area contributed by atoms with Gasteiger partial charge in [0.2, 0.25) is 5.91 Å². The number of hydrogen-bond acceptors (Lipinski definition) is 6. The van der Waals surface area contributed by atoms with E-state index < -0.39 is 35.6 Å². The van der Waals surface area contributed by atoms with E-state index in [0.717, 1.165) is 0 Å².